The van der Waals surface area contributed by atoms with Gasteiger partial charge in [-0.3, -0.25) is 4.79 Å². The van der Waals surface area contributed by atoms with E-state index in [0.717, 1.165) is 12.8 Å². The molecule has 1 aromatic carbocycles. The molecule has 0 unspecified atom stereocenters. The standard InChI is InChI=1S/C14H16Cl3NO3/c1-18(6-8-2-9(19)3-8)14(20)7-21-13-5-11(16)10(15)4-12(13)17/h4-5,8-9,19H,2-3,6-7H2,1H3. The molecule has 4 nitrogen and oxygen atoms in total. The lowest BCUT2D eigenvalue weighted by Gasteiger charge is -2.34. The van der Waals surface area contributed by atoms with Crippen molar-refractivity contribution >= 4 is 40.7 Å². The molecule has 1 aromatic rings. The fourth-order valence-electron chi connectivity index (χ4n) is 2.20. The van der Waals surface area contributed by atoms with Crippen LogP contribution < -0.4 is 4.74 Å². The summed E-state index contributed by atoms with van der Waals surface area (Å²) in [6, 6.07) is 2.96. The Labute approximate surface area is 138 Å². The van der Waals surface area contributed by atoms with Gasteiger partial charge in [0, 0.05) is 19.7 Å². The van der Waals surface area contributed by atoms with Gasteiger partial charge in [-0.25, -0.2) is 0 Å². The number of hydrogen-bond donors (Lipinski definition) is 1. The van der Waals surface area contributed by atoms with Crippen molar-refractivity contribution in [3.8, 4) is 5.75 Å². The summed E-state index contributed by atoms with van der Waals surface area (Å²) >= 11 is 17.7. The molecule has 1 fully saturated rings. The van der Waals surface area contributed by atoms with Gasteiger partial charge in [0.1, 0.15) is 5.75 Å². The average molecular weight is 353 g/mol. The first-order chi connectivity index (χ1) is 9.86. The Bertz CT molecular complexity index is 532. The van der Waals surface area contributed by atoms with Crippen LogP contribution in [0.25, 0.3) is 0 Å². The van der Waals surface area contributed by atoms with E-state index in [0.29, 0.717) is 33.3 Å². The Morgan fingerprint density at radius 2 is 1.90 bits per heavy atom. The van der Waals surface area contributed by atoms with Gasteiger partial charge in [0.2, 0.25) is 0 Å². The Morgan fingerprint density at radius 3 is 2.52 bits per heavy atom. The summed E-state index contributed by atoms with van der Waals surface area (Å²) < 4.78 is 5.39. The Kier molecular flexibility index (Phi) is 5.60. The van der Waals surface area contributed by atoms with Crippen molar-refractivity contribution in [3.05, 3.63) is 27.2 Å². The van der Waals surface area contributed by atoms with Crippen LogP contribution in [-0.2, 0) is 4.79 Å². The maximum atomic E-state index is 12.0. The molecule has 0 atom stereocenters. The van der Waals surface area contributed by atoms with Crippen LogP contribution in [0.5, 0.6) is 5.75 Å². The van der Waals surface area contributed by atoms with Gasteiger partial charge in [0.05, 0.1) is 21.2 Å². The smallest absolute Gasteiger partial charge is 0.260 e. The quantitative estimate of drug-likeness (QED) is 0.828. The van der Waals surface area contributed by atoms with E-state index in [9.17, 15) is 9.90 Å². The van der Waals surface area contributed by atoms with Crippen LogP contribution in [0.2, 0.25) is 15.1 Å². The van der Waals surface area contributed by atoms with Gasteiger partial charge in [-0.05, 0) is 24.8 Å². The monoisotopic (exact) mass is 351 g/mol. The minimum Gasteiger partial charge on any atom is -0.482 e. The first-order valence-electron chi connectivity index (χ1n) is 6.56. The van der Waals surface area contributed by atoms with Crippen LogP contribution >= 0.6 is 34.8 Å². The van der Waals surface area contributed by atoms with Crippen LogP contribution in [0.15, 0.2) is 12.1 Å². The molecule has 1 aliphatic carbocycles. The van der Waals surface area contributed by atoms with Crippen molar-refractivity contribution in [3.63, 3.8) is 0 Å². The molecular formula is C14H16Cl3NO3. The second-order valence-corrected chi connectivity index (χ2v) is 6.47. The zero-order valence-electron chi connectivity index (χ0n) is 11.5. The maximum absolute atomic E-state index is 12.0. The molecule has 0 aromatic heterocycles. The van der Waals surface area contributed by atoms with Gasteiger partial charge in [-0.2, -0.15) is 0 Å². The molecule has 0 saturated heterocycles. The summed E-state index contributed by atoms with van der Waals surface area (Å²) in [6.45, 7) is 0.498. The molecule has 2 rings (SSSR count). The van der Waals surface area contributed by atoms with E-state index in [1.165, 1.54) is 12.1 Å². The molecule has 1 amide bonds. The molecule has 1 N–H and O–H groups in total. The average Bonchev–Trinajstić information content (AvgIpc) is 2.39. The molecule has 0 spiro atoms. The van der Waals surface area contributed by atoms with Crippen LogP contribution in [0.1, 0.15) is 12.8 Å². The maximum Gasteiger partial charge on any atom is 0.260 e. The zero-order valence-corrected chi connectivity index (χ0v) is 13.8. The van der Waals surface area contributed by atoms with Crippen molar-refractivity contribution in [2.75, 3.05) is 20.2 Å². The number of hydrogen-bond acceptors (Lipinski definition) is 3. The largest absolute Gasteiger partial charge is 0.482 e. The number of ether oxygens (including phenoxy) is 1. The zero-order chi connectivity index (χ0) is 15.6. The van der Waals surface area contributed by atoms with Crippen molar-refractivity contribution < 1.29 is 14.6 Å². The first kappa shape index (κ1) is 16.7. The number of benzene rings is 1. The first-order valence-corrected chi connectivity index (χ1v) is 7.69. The highest BCUT2D eigenvalue weighted by Gasteiger charge is 2.29. The third kappa shape index (κ3) is 4.39. The number of nitrogens with zero attached hydrogens (tertiary/aromatic N) is 1. The van der Waals surface area contributed by atoms with Gasteiger partial charge in [0.15, 0.2) is 6.61 Å². The molecule has 1 saturated carbocycles. The molecule has 21 heavy (non-hydrogen) atoms. The van der Waals surface area contributed by atoms with Crippen molar-refractivity contribution in [2.24, 2.45) is 5.92 Å². The van der Waals surface area contributed by atoms with Crippen LogP contribution in [0.4, 0.5) is 0 Å². The van der Waals surface area contributed by atoms with Crippen molar-refractivity contribution in [1.29, 1.82) is 0 Å². The van der Waals surface area contributed by atoms with E-state index in [-0.39, 0.29) is 18.6 Å². The van der Waals surface area contributed by atoms with Gasteiger partial charge in [-0.15, -0.1) is 0 Å². The third-order valence-corrected chi connectivity index (χ3v) is 4.51. The number of carbonyl (C=O) groups is 1. The number of aliphatic hydroxyl groups excluding tert-OH is 1. The molecule has 116 valence electrons. The van der Waals surface area contributed by atoms with Crippen molar-refractivity contribution in [1.82, 2.24) is 4.90 Å². The molecular weight excluding hydrogens is 337 g/mol. The van der Waals surface area contributed by atoms with Crippen molar-refractivity contribution in [2.45, 2.75) is 18.9 Å². The van der Waals surface area contributed by atoms with Gasteiger partial charge >= 0.3 is 0 Å². The SMILES string of the molecule is CN(CC1CC(O)C1)C(=O)COc1cc(Cl)c(Cl)cc1Cl. The third-order valence-electron chi connectivity index (χ3n) is 3.49. The van der Waals surface area contributed by atoms with E-state index >= 15 is 0 Å². The van der Waals surface area contributed by atoms with Crippen LogP contribution in [-0.4, -0.2) is 42.2 Å². The Morgan fingerprint density at radius 1 is 1.29 bits per heavy atom. The number of amides is 1. The topological polar surface area (TPSA) is 49.8 Å². The fourth-order valence-corrected chi connectivity index (χ4v) is 2.79. The normalized spacial score (nSPS) is 20.8. The number of aliphatic hydroxyl groups is 1. The summed E-state index contributed by atoms with van der Waals surface area (Å²) in [7, 11) is 1.72. The highest BCUT2D eigenvalue weighted by Crippen LogP contribution is 2.34. The Hall–Kier alpha value is -0.680. The van der Waals surface area contributed by atoms with Gasteiger partial charge in [0.25, 0.3) is 5.91 Å². The van der Waals surface area contributed by atoms with E-state index in [2.05, 4.69) is 0 Å². The van der Waals surface area contributed by atoms with Gasteiger partial charge < -0.3 is 14.7 Å². The second-order valence-electron chi connectivity index (χ2n) is 5.25. The minimum atomic E-state index is -0.218. The van der Waals surface area contributed by atoms with Crippen LogP contribution in [0, 0.1) is 5.92 Å². The molecule has 0 radical (unpaired) electrons. The molecule has 1 aliphatic rings. The molecule has 0 heterocycles. The highest BCUT2D eigenvalue weighted by molar-refractivity contribution is 6.43. The minimum absolute atomic E-state index is 0.122. The van der Waals surface area contributed by atoms with Gasteiger partial charge in [-0.1, -0.05) is 34.8 Å². The number of likely N-dealkylation sites (N-methyl/N-ethyl adjacent to an activating group) is 1. The van der Waals surface area contributed by atoms with E-state index in [1.54, 1.807) is 11.9 Å². The summed E-state index contributed by atoms with van der Waals surface area (Å²) in [5.41, 5.74) is 0. The molecule has 0 aliphatic heterocycles. The summed E-state index contributed by atoms with van der Waals surface area (Å²) in [6.07, 6.45) is 1.28. The summed E-state index contributed by atoms with van der Waals surface area (Å²) in [5, 5.41) is 10.2. The molecule has 7 heteroatoms. The molecule has 0 bridgehead atoms. The van der Waals surface area contributed by atoms with E-state index in [4.69, 9.17) is 39.5 Å². The second kappa shape index (κ2) is 7.05. The predicted molar refractivity (Wildman–Crippen MR) is 83.3 cm³/mol. The lowest BCUT2D eigenvalue weighted by atomic mass is 9.82. The number of carbonyl (C=O) groups excluding carboxylic acids is 1. The van der Waals surface area contributed by atoms with Crippen LogP contribution in [0.3, 0.4) is 0 Å². The lowest BCUT2D eigenvalue weighted by Crippen LogP contribution is -2.41. The summed E-state index contributed by atoms with van der Waals surface area (Å²) in [5.74, 6) is 0.535. The fraction of sp³-hybridized carbons (Fsp3) is 0.500. The predicted octanol–water partition coefficient (Wildman–Crippen LogP) is 3.25. The number of halogens is 3. The van der Waals surface area contributed by atoms with E-state index in [1.807, 2.05) is 0 Å². The lowest BCUT2D eigenvalue weighted by molar-refractivity contribution is -0.133. The van der Waals surface area contributed by atoms with E-state index < -0.39 is 0 Å². The Balaban J connectivity index is 1.84. The number of rotatable bonds is 5. The summed E-state index contributed by atoms with van der Waals surface area (Å²) in [4.78, 5) is 13.6. The highest BCUT2D eigenvalue weighted by atomic mass is 35.5.